The molecular weight excluding hydrogens is 168 g/mol. The summed E-state index contributed by atoms with van der Waals surface area (Å²) in [5, 5.41) is 0. The predicted molar refractivity (Wildman–Crippen MR) is 51.2 cm³/mol. The standard InChI is InChI=1S/C10H16O3/c1-4-9(2)12-7-5-6-8-13-10(3)11/h4H,1-2,5-8H2,3H3. The molecule has 74 valence electrons. The van der Waals surface area contributed by atoms with Crippen molar-refractivity contribution in [2.75, 3.05) is 13.2 Å². The molecule has 0 aromatic carbocycles. The molecule has 0 aromatic heterocycles. The average molecular weight is 184 g/mol. The molecule has 0 aliphatic heterocycles. The van der Waals surface area contributed by atoms with E-state index in [4.69, 9.17) is 9.47 Å². The summed E-state index contributed by atoms with van der Waals surface area (Å²) in [4.78, 5) is 10.4. The first-order valence-electron chi connectivity index (χ1n) is 4.24. The fourth-order valence-corrected chi connectivity index (χ4v) is 0.682. The monoisotopic (exact) mass is 184 g/mol. The lowest BCUT2D eigenvalue weighted by molar-refractivity contribution is -0.141. The molecule has 0 radical (unpaired) electrons. The van der Waals surface area contributed by atoms with Crippen molar-refractivity contribution in [2.45, 2.75) is 19.8 Å². The molecule has 0 heterocycles. The summed E-state index contributed by atoms with van der Waals surface area (Å²) in [7, 11) is 0. The van der Waals surface area contributed by atoms with Crippen molar-refractivity contribution in [3.8, 4) is 0 Å². The first kappa shape index (κ1) is 11.8. The summed E-state index contributed by atoms with van der Waals surface area (Å²) in [5.74, 6) is 0.337. The van der Waals surface area contributed by atoms with E-state index in [0.717, 1.165) is 12.8 Å². The van der Waals surface area contributed by atoms with Crippen LogP contribution in [0.15, 0.2) is 25.0 Å². The Morgan fingerprint density at radius 2 is 1.85 bits per heavy atom. The number of carbonyl (C=O) groups excluding carboxylic acids is 1. The van der Waals surface area contributed by atoms with E-state index in [-0.39, 0.29) is 5.97 Å². The second-order valence-electron chi connectivity index (χ2n) is 2.57. The quantitative estimate of drug-likeness (QED) is 0.263. The third-order valence-corrected chi connectivity index (χ3v) is 1.36. The first-order valence-corrected chi connectivity index (χ1v) is 4.24. The van der Waals surface area contributed by atoms with Gasteiger partial charge in [0.05, 0.1) is 13.2 Å². The third kappa shape index (κ3) is 8.66. The van der Waals surface area contributed by atoms with Gasteiger partial charge in [0.15, 0.2) is 0 Å². The van der Waals surface area contributed by atoms with Crippen LogP contribution in [-0.4, -0.2) is 19.2 Å². The number of esters is 1. The Morgan fingerprint density at radius 1 is 1.31 bits per heavy atom. The van der Waals surface area contributed by atoms with E-state index in [1.165, 1.54) is 6.92 Å². The maximum atomic E-state index is 10.4. The number of carbonyl (C=O) groups is 1. The molecule has 3 nitrogen and oxygen atoms in total. The highest BCUT2D eigenvalue weighted by molar-refractivity contribution is 5.65. The van der Waals surface area contributed by atoms with Gasteiger partial charge in [-0.05, 0) is 18.9 Å². The highest BCUT2D eigenvalue weighted by Gasteiger charge is 1.93. The number of unbranched alkanes of at least 4 members (excludes halogenated alkanes) is 1. The van der Waals surface area contributed by atoms with Gasteiger partial charge in [0, 0.05) is 6.92 Å². The van der Waals surface area contributed by atoms with E-state index < -0.39 is 0 Å². The molecule has 0 atom stereocenters. The van der Waals surface area contributed by atoms with Crippen molar-refractivity contribution in [2.24, 2.45) is 0 Å². The van der Waals surface area contributed by atoms with Crippen LogP contribution in [0.3, 0.4) is 0 Å². The molecule has 0 aliphatic rings. The van der Waals surface area contributed by atoms with E-state index in [9.17, 15) is 4.79 Å². The molecule has 13 heavy (non-hydrogen) atoms. The van der Waals surface area contributed by atoms with Crippen LogP contribution in [0.1, 0.15) is 19.8 Å². The fourth-order valence-electron chi connectivity index (χ4n) is 0.682. The number of hydrogen-bond donors (Lipinski definition) is 0. The molecule has 0 saturated carbocycles. The third-order valence-electron chi connectivity index (χ3n) is 1.36. The Kier molecular flexibility index (Phi) is 6.69. The van der Waals surface area contributed by atoms with Crippen molar-refractivity contribution in [1.29, 1.82) is 0 Å². The van der Waals surface area contributed by atoms with Crippen LogP contribution in [0.4, 0.5) is 0 Å². The molecule has 0 amide bonds. The van der Waals surface area contributed by atoms with Gasteiger partial charge in [-0.25, -0.2) is 0 Å². The van der Waals surface area contributed by atoms with Crippen LogP contribution in [0.5, 0.6) is 0 Å². The van der Waals surface area contributed by atoms with Crippen LogP contribution < -0.4 is 0 Å². The predicted octanol–water partition coefficient (Wildman–Crippen LogP) is 2.05. The minimum Gasteiger partial charge on any atom is -0.494 e. The summed E-state index contributed by atoms with van der Waals surface area (Å²) in [6.45, 7) is 9.54. The summed E-state index contributed by atoms with van der Waals surface area (Å²) in [6, 6.07) is 0. The van der Waals surface area contributed by atoms with Gasteiger partial charge in [0.1, 0.15) is 5.76 Å². The molecule has 0 N–H and O–H groups in total. The van der Waals surface area contributed by atoms with Crippen molar-refractivity contribution in [3.63, 3.8) is 0 Å². The smallest absolute Gasteiger partial charge is 0.302 e. The van der Waals surface area contributed by atoms with Crippen molar-refractivity contribution < 1.29 is 14.3 Å². The molecule has 0 spiro atoms. The van der Waals surface area contributed by atoms with E-state index >= 15 is 0 Å². The van der Waals surface area contributed by atoms with Gasteiger partial charge in [-0.3, -0.25) is 4.79 Å². The Balaban J connectivity index is 3.12. The van der Waals surface area contributed by atoms with E-state index in [1.54, 1.807) is 6.08 Å². The lowest BCUT2D eigenvalue weighted by atomic mass is 10.3. The summed E-state index contributed by atoms with van der Waals surface area (Å²) < 4.78 is 9.88. The first-order chi connectivity index (χ1) is 6.16. The van der Waals surface area contributed by atoms with Crippen LogP contribution in [0.25, 0.3) is 0 Å². The highest BCUT2D eigenvalue weighted by Crippen LogP contribution is 1.97. The van der Waals surface area contributed by atoms with E-state index in [2.05, 4.69) is 13.2 Å². The zero-order valence-electron chi connectivity index (χ0n) is 8.04. The molecule has 3 heteroatoms. The summed E-state index contributed by atoms with van der Waals surface area (Å²) in [5.41, 5.74) is 0. The van der Waals surface area contributed by atoms with Gasteiger partial charge in [-0.2, -0.15) is 0 Å². The Morgan fingerprint density at radius 3 is 2.31 bits per heavy atom. The minimum absolute atomic E-state index is 0.239. The van der Waals surface area contributed by atoms with Crippen LogP contribution in [-0.2, 0) is 14.3 Å². The molecule has 0 aliphatic carbocycles. The molecule has 0 saturated heterocycles. The maximum absolute atomic E-state index is 10.4. The molecular formula is C10H16O3. The lowest BCUT2D eigenvalue weighted by Crippen LogP contribution is -2.02. The van der Waals surface area contributed by atoms with Crippen molar-refractivity contribution >= 4 is 5.97 Å². The average Bonchev–Trinajstić information content (AvgIpc) is 2.10. The maximum Gasteiger partial charge on any atom is 0.302 e. The minimum atomic E-state index is -0.239. The molecule has 0 rings (SSSR count). The van der Waals surface area contributed by atoms with Crippen LogP contribution in [0, 0.1) is 0 Å². The van der Waals surface area contributed by atoms with Gasteiger partial charge >= 0.3 is 5.97 Å². The zero-order valence-corrected chi connectivity index (χ0v) is 8.04. The van der Waals surface area contributed by atoms with Gasteiger partial charge in [-0.1, -0.05) is 13.2 Å². The Labute approximate surface area is 79.0 Å². The molecule has 0 bridgehead atoms. The van der Waals surface area contributed by atoms with E-state index in [1.807, 2.05) is 0 Å². The number of ether oxygens (including phenoxy) is 2. The number of rotatable bonds is 7. The molecule has 0 unspecified atom stereocenters. The number of allylic oxidation sites excluding steroid dienone is 1. The Hall–Kier alpha value is -1.25. The topological polar surface area (TPSA) is 35.5 Å². The highest BCUT2D eigenvalue weighted by atomic mass is 16.5. The van der Waals surface area contributed by atoms with Gasteiger partial charge < -0.3 is 9.47 Å². The fraction of sp³-hybridized carbons (Fsp3) is 0.500. The van der Waals surface area contributed by atoms with Gasteiger partial charge in [0.2, 0.25) is 0 Å². The van der Waals surface area contributed by atoms with Crippen molar-refractivity contribution in [1.82, 2.24) is 0 Å². The van der Waals surface area contributed by atoms with Crippen LogP contribution in [0.2, 0.25) is 0 Å². The Bertz CT molecular complexity index is 185. The zero-order chi connectivity index (χ0) is 10.1. The second kappa shape index (κ2) is 7.40. The summed E-state index contributed by atoms with van der Waals surface area (Å²) in [6.07, 6.45) is 3.22. The normalized spacial score (nSPS) is 9.00. The van der Waals surface area contributed by atoms with Gasteiger partial charge in [-0.15, -0.1) is 0 Å². The van der Waals surface area contributed by atoms with Gasteiger partial charge in [0.25, 0.3) is 0 Å². The molecule has 0 aromatic rings. The number of hydrogen-bond acceptors (Lipinski definition) is 3. The largest absolute Gasteiger partial charge is 0.494 e. The van der Waals surface area contributed by atoms with Crippen LogP contribution >= 0.6 is 0 Å². The van der Waals surface area contributed by atoms with E-state index in [0.29, 0.717) is 19.0 Å². The second-order valence-corrected chi connectivity index (χ2v) is 2.57. The lowest BCUT2D eigenvalue weighted by Gasteiger charge is -2.04. The SMILES string of the molecule is C=CC(=C)OCCCCOC(C)=O. The molecule has 0 fully saturated rings. The van der Waals surface area contributed by atoms with Crippen molar-refractivity contribution in [3.05, 3.63) is 25.0 Å². The summed E-state index contributed by atoms with van der Waals surface area (Å²) >= 11 is 0.